The van der Waals surface area contributed by atoms with E-state index in [1.807, 2.05) is 31.2 Å². The lowest BCUT2D eigenvalue weighted by Gasteiger charge is -2.23. The van der Waals surface area contributed by atoms with Crippen LogP contribution in [0.15, 0.2) is 24.3 Å². The van der Waals surface area contributed by atoms with Crippen LogP contribution >= 0.6 is 0 Å². The molecule has 0 radical (unpaired) electrons. The first-order chi connectivity index (χ1) is 9.17. The fraction of sp³-hybridized carbons (Fsp3) is 0.571. The number of aliphatic hydroxyl groups is 3. The number of ether oxygens (including phenoxy) is 1. The van der Waals surface area contributed by atoms with Gasteiger partial charge in [0.2, 0.25) is 0 Å². The Bertz CT molecular complexity index is 353. The van der Waals surface area contributed by atoms with Crippen LogP contribution in [-0.2, 0) is 0 Å². The van der Waals surface area contributed by atoms with Crippen LogP contribution in [0.3, 0.4) is 0 Å². The molecule has 1 atom stereocenters. The molecule has 1 aromatic carbocycles. The maximum absolute atomic E-state index is 9.90. The molecule has 108 valence electrons. The van der Waals surface area contributed by atoms with Crippen molar-refractivity contribution in [1.29, 1.82) is 0 Å². The molecule has 0 amide bonds. The van der Waals surface area contributed by atoms with Gasteiger partial charge in [0.05, 0.1) is 13.2 Å². The summed E-state index contributed by atoms with van der Waals surface area (Å²) in [6, 6.07) is 7.63. The van der Waals surface area contributed by atoms with Crippen molar-refractivity contribution in [3.05, 3.63) is 29.8 Å². The van der Waals surface area contributed by atoms with Crippen LogP contribution in [0.25, 0.3) is 0 Å². The largest absolute Gasteiger partial charge is 0.491 e. The zero-order chi connectivity index (χ0) is 14.1. The molecule has 0 aromatic heterocycles. The van der Waals surface area contributed by atoms with Gasteiger partial charge in [0, 0.05) is 19.6 Å². The van der Waals surface area contributed by atoms with Gasteiger partial charge in [-0.2, -0.15) is 0 Å². The first-order valence-electron chi connectivity index (χ1n) is 6.48. The SMILES string of the molecule is Cc1ccccc1OCC(O)CN(CCO)CCO. The third-order valence-corrected chi connectivity index (χ3v) is 2.83. The van der Waals surface area contributed by atoms with Crippen LogP contribution < -0.4 is 4.74 Å². The van der Waals surface area contributed by atoms with E-state index in [0.717, 1.165) is 11.3 Å². The summed E-state index contributed by atoms with van der Waals surface area (Å²) in [5, 5.41) is 27.7. The van der Waals surface area contributed by atoms with E-state index in [2.05, 4.69) is 0 Å². The van der Waals surface area contributed by atoms with Gasteiger partial charge in [-0.25, -0.2) is 0 Å². The normalized spacial score (nSPS) is 12.7. The Kier molecular flexibility index (Phi) is 7.43. The van der Waals surface area contributed by atoms with Crippen molar-refractivity contribution in [2.24, 2.45) is 0 Å². The van der Waals surface area contributed by atoms with E-state index in [-0.39, 0.29) is 19.8 Å². The predicted molar refractivity (Wildman–Crippen MR) is 73.3 cm³/mol. The van der Waals surface area contributed by atoms with E-state index in [1.165, 1.54) is 0 Å². The number of aliphatic hydroxyl groups excluding tert-OH is 3. The Balaban J connectivity index is 2.38. The molecule has 0 heterocycles. The summed E-state index contributed by atoms with van der Waals surface area (Å²) in [4.78, 5) is 1.80. The topological polar surface area (TPSA) is 73.2 Å². The monoisotopic (exact) mass is 269 g/mol. The highest BCUT2D eigenvalue weighted by Gasteiger charge is 2.12. The molecular weight excluding hydrogens is 246 g/mol. The summed E-state index contributed by atoms with van der Waals surface area (Å²) in [6.45, 7) is 3.39. The smallest absolute Gasteiger partial charge is 0.122 e. The summed E-state index contributed by atoms with van der Waals surface area (Å²) < 4.78 is 5.55. The van der Waals surface area contributed by atoms with E-state index in [0.29, 0.717) is 19.6 Å². The number of para-hydroxylation sites is 1. The minimum Gasteiger partial charge on any atom is -0.491 e. The van der Waals surface area contributed by atoms with E-state index >= 15 is 0 Å². The minimum absolute atomic E-state index is 0.00533. The summed E-state index contributed by atoms with van der Waals surface area (Å²) in [6.07, 6.45) is -0.655. The molecule has 5 nitrogen and oxygen atoms in total. The molecule has 0 aliphatic heterocycles. The highest BCUT2D eigenvalue weighted by Crippen LogP contribution is 2.16. The number of benzene rings is 1. The standard InChI is InChI=1S/C14H23NO4/c1-12-4-2-3-5-14(12)19-11-13(18)10-15(6-8-16)7-9-17/h2-5,13,16-18H,6-11H2,1H3. The number of nitrogens with zero attached hydrogens (tertiary/aromatic N) is 1. The van der Waals surface area contributed by atoms with Gasteiger partial charge in [-0.15, -0.1) is 0 Å². The van der Waals surface area contributed by atoms with Gasteiger partial charge >= 0.3 is 0 Å². The zero-order valence-corrected chi connectivity index (χ0v) is 11.3. The van der Waals surface area contributed by atoms with Crippen LogP contribution in [-0.4, -0.2) is 65.8 Å². The maximum atomic E-state index is 9.90. The number of aryl methyl sites for hydroxylation is 1. The predicted octanol–water partition coefficient (Wildman–Crippen LogP) is 0.0213. The Morgan fingerprint density at radius 2 is 1.79 bits per heavy atom. The maximum Gasteiger partial charge on any atom is 0.122 e. The fourth-order valence-electron chi connectivity index (χ4n) is 1.83. The lowest BCUT2D eigenvalue weighted by molar-refractivity contribution is 0.0550. The van der Waals surface area contributed by atoms with Crippen LogP contribution in [0.4, 0.5) is 0 Å². The van der Waals surface area contributed by atoms with Gasteiger partial charge in [-0.1, -0.05) is 18.2 Å². The molecule has 3 N–H and O–H groups in total. The van der Waals surface area contributed by atoms with E-state index < -0.39 is 6.10 Å². The van der Waals surface area contributed by atoms with Gasteiger partial charge in [0.25, 0.3) is 0 Å². The molecule has 1 unspecified atom stereocenters. The lowest BCUT2D eigenvalue weighted by atomic mass is 10.2. The second kappa shape index (κ2) is 8.87. The van der Waals surface area contributed by atoms with Crippen molar-refractivity contribution < 1.29 is 20.1 Å². The molecule has 0 spiro atoms. The van der Waals surface area contributed by atoms with Crippen molar-refractivity contribution >= 4 is 0 Å². The molecule has 5 heteroatoms. The second-order valence-corrected chi connectivity index (χ2v) is 4.48. The van der Waals surface area contributed by atoms with Crippen LogP contribution in [0.2, 0.25) is 0 Å². The van der Waals surface area contributed by atoms with Crippen molar-refractivity contribution in [3.8, 4) is 5.75 Å². The van der Waals surface area contributed by atoms with Crippen molar-refractivity contribution in [3.63, 3.8) is 0 Å². The van der Waals surface area contributed by atoms with Crippen molar-refractivity contribution in [1.82, 2.24) is 4.90 Å². The third kappa shape index (κ3) is 6.02. The molecule has 1 aromatic rings. The Morgan fingerprint density at radius 1 is 1.16 bits per heavy atom. The highest BCUT2D eigenvalue weighted by atomic mass is 16.5. The Labute approximate surface area is 114 Å². The average Bonchev–Trinajstić information content (AvgIpc) is 2.38. The Morgan fingerprint density at radius 3 is 2.37 bits per heavy atom. The molecule has 0 saturated heterocycles. The zero-order valence-electron chi connectivity index (χ0n) is 11.3. The lowest BCUT2D eigenvalue weighted by Crippen LogP contribution is -2.38. The van der Waals surface area contributed by atoms with Crippen LogP contribution in [0, 0.1) is 6.92 Å². The van der Waals surface area contributed by atoms with Gasteiger partial charge in [-0.3, -0.25) is 4.90 Å². The molecule has 0 bridgehead atoms. The summed E-state index contributed by atoms with van der Waals surface area (Å²) in [5.41, 5.74) is 1.03. The van der Waals surface area contributed by atoms with Crippen LogP contribution in [0.1, 0.15) is 5.56 Å². The second-order valence-electron chi connectivity index (χ2n) is 4.48. The van der Waals surface area contributed by atoms with Gasteiger partial charge in [0.15, 0.2) is 0 Å². The van der Waals surface area contributed by atoms with Gasteiger partial charge in [0.1, 0.15) is 18.5 Å². The fourth-order valence-corrected chi connectivity index (χ4v) is 1.83. The molecule has 1 rings (SSSR count). The summed E-state index contributed by atoms with van der Waals surface area (Å²) in [5.74, 6) is 0.761. The molecule has 0 fully saturated rings. The molecule has 19 heavy (non-hydrogen) atoms. The van der Waals surface area contributed by atoms with Gasteiger partial charge in [-0.05, 0) is 18.6 Å². The molecule has 0 aliphatic rings. The molecular formula is C14H23NO4. The highest BCUT2D eigenvalue weighted by molar-refractivity contribution is 5.31. The van der Waals surface area contributed by atoms with Crippen LogP contribution in [0.5, 0.6) is 5.75 Å². The minimum atomic E-state index is -0.655. The first-order valence-corrected chi connectivity index (χ1v) is 6.48. The quantitative estimate of drug-likeness (QED) is 0.589. The summed E-state index contributed by atoms with van der Waals surface area (Å²) >= 11 is 0. The van der Waals surface area contributed by atoms with E-state index in [9.17, 15) is 5.11 Å². The number of rotatable bonds is 9. The third-order valence-electron chi connectivity index (χ3n) is 2.83. The average molecular weight is 269 g/mol. The van der Waals surface area contributed by atoms with Crippen molar-refractivity contribution in [2.45, 2.75) is 13.0 Å². The number of hydrogen-bond donors (Lipinski definition) is 3. The van der Waals surface area contributed by atoms with Gasteiger partial charge < -0.3 is 20.1 Å². The number of hydrogen-bond acceptors (Lipinski definition) is 5. The van der Waals surface area contributed by atoms with Crippen molar-refractivity contribution in [2.75, 3.05) is 39.5 Å². The molecule has 0 aliphatic carbocycles. The van der Waals surface area contributed by atoms with E-state index in [1.54, 1.807) is 4.90 Å². The molecule has 0 saturated carbocycles. The van der Waals surface area contributed by atoms with E-state index in [4.69, 9.17) is 14.9 Å². The first kappa shape index (κ1) is 15.9. The Hall–Kier alpha value is -1.14. The summed E-state index contributed by atoms with van der Waals surface area (Å²) in [7, 11) is 0.